The Labute approximate surface area is 202 Å². The van der Waals surface area contributed by atoms with Crippen molar-refractivity contribution < 1.29 is 4.74 Å². The van der Waals surface area contributed by atoms with Crippen molar-refractivity contribution in [1.82, 2.24) is 24.8 Å². The summed E-state index contributed by atoms with van der Waals surface area (Å²) in [5, 5.41) is 15.9. The van der Waals surface area contributed by atoms with Crippen LogP contribution in [0.3, 0.4) is 0 Å². The number of benzene rings is 2. The maximum atomic E-state index is 5.99. The first-order valence-electron chi connectivity index (χ1n) is 10.8. The van der Waals surface area contributed by atoms with Crippen LogP contribution in [0.15, 0.2) is 73.1 Å². The van der Waals surface area contributed by atoms with Crippen LogP contribution in [0.2, 0.25) is 5.02 Å². The molecule has 0 radical (unpaired) electrons. The molecule has 0 aliphatic carbocycles. The van der Waals surface area contributed by atoms with Crippen LogP contribution < -0.4 is 15.0 Å². The summed E-state index contributed by atoms with van der Waals surface area (Å²) in [6.45, 7) is 1.21. The molecule has 3 heterocycles. The number of rotatable bonds is 8. The number of H-pyrrole nitrogens is 1. The maximum Gasteiger partial charge on any atom is 0.158 e. The zero-order valence-electron chi connectivity index (χ0n) is 18.9. The van der Waals surface area contributed by atoms with Crippen molar-refractivity contribution in [3.05, 3.63) is 89.3 Å². The monoisotopic (exact) mass is 473 g/mol. The number of anilines is 2. The smallest absolute Gasteiger partial charge is 0.158 e. The highest BCUT2D eigenvalue weighted by atomic mass is 35.5. The third kappa shape index (κ3) is 4.53. The van der Waals surface area contributed by atoms with E-state index < -0.39 is 0 Å². The zero-order chi connectivity index (χ0) is 23.5. The molecular formula is C25H24ClN7O. The second-order valence-electron chi connectivity index (χ2n) is 7.92. The summed E-state index contributed by atoms with van der Waals surface area (Å²) >= 11 is 5.99. The van der Waals surface area contributed by atoms with Crippen molar-refractivity contribution in [2.75, 3.05) is 24.4 Å². The van der Waals surface area contributed by atoms with Gasteiger partial charge in [-0.3, -0.25) is 5.10 Å². The van der Waals surface area contributed by atoms with E-state index in [1.165, 1.54) is 0 Å². The van der Waals surface area contributed by atoms with Gasteiger partial charge in [0.2, 0.25) is 0 Å². The van der Waals surface area contributed by atoms with Gasteiger partial charge in [-0.05, 0) is 30.3 Å². The molecule has 2 aromatic carbocycles. The molecule has 0 unspecified atom stereocenters. The Kier molecular flexibility index (Phi) is 6.05. The fourth-order valence-corrected chi connectivity index (χ4v) is 3.94. The van der Waals surface area contributed by atoms with Crippen molar-refractivity contribution in [2.45, 2.75) is 13.1 Å². The van der Waals surface area contributed by atoms with Crippen LogP contribution in [0.1, 0.15) is 11.3 Å². The Morgan fingerprint density at radius 1 is 1.12 bits per heavy atom. The number of ether oxygens (including phenoxy) is 1. The van der Waals surface area contributed by atoms with Crippen LogP contribution >= 0.6 is 11.6 Å². The third-order valence-corrected chi connectivity index (χ3v) is 5.82. The highest BCUT2D eigenvalue weighted by Crippen LogP contribution is 2.27. The number of nitrogens with one attached hydrogen (secondary N) is 2. The van der Waals surface area contributed by atoms with Gasteiger partial charge >= 0.3 is 0 Å². The number of methoxy groups -OCH3 is 1. The van der Waals surface area contributed by atoms with Gasteiger partial charge in [-0.1, -0.05) is 29.8 Å². The summed E-state index contributed by atoms with van der Waals surface area (Å²) in [5.41, 5.74) is 5.52. The first-order chi connectivity index (χ1) is 16.6. The van der Waals surface area contributed by atoms with Gasteiger partial charge in [0, 0.05) is 53.8 Å². The Balaban J connectivity index is 1.47. The maximum absolute atomic E-state index is 5.99. The Morgan fingerprint density at radius 3 is 2.71 bits per heavy atom. The fourth-order valence-electron chi connectivity index (χ4n) is 3.82. The second kappa shape index (κ2) is 9.44. The number of nitrogens with zero attached hydrogens (tertiary/aromatic N) is 5. The molecule has 0 atom stereocenters. The minimum Gasteiger partial charge on any atom is -0.496 e. The van der Waals surface area contributed by atoms with E-state index >= 15 is 0 Å². The van der Waals surface area contributed by atoms with Crippen LogP contribution in [-0.2, 0) is 13.1 Å². The normalized spacial score (nSPS) is 11.0. The van der Waals surface area contributed by atoms with Gasteiger partial charge in [0.15, 0.2) is 5.65 Å². The minimum absolute atomic E-state index is 0.558. The predicted octanol–water partition coefficient (Wildman–Crippen LogP) is 5.03. The molecule has 0 aliphatic heterocycles. The summed E-state index contributed by atoms with van der Waals surface area (Å²) < 4.78 is 7.37. The number of hydrogen-bond acceptors (Lipinski definition) is 6. The van der Waals surface area contributed by atoms with E-state index in [1.807, 2.05) is 72.4 Å². The molecule has 0 spiro atoms. The van der Waals surface area contributed by atoms with E-state index in [1.54, 1.807) is 13.3 Å². The predicted molar refractivity (Wildman–Crippen MR) is 134 cm³/mol. The van der Waals surface area contributed by atoms with Crippen LogP contribution in [-0.4, -0.2) is 39.0 Å². The SMILES string of the molecule is COc1ccccc1CN(C)c1cc(-c2cn[nH]c2)n2nc(CNc3ccc(Cl)cc3)cc2n1. The Morgan fingerprint density at radius 2 is 1.94 bits per heavy atom. The number of halogens is 1. The van der Waals surface area contributed by atoms with Crippen molar-refractivity contribution >= 4 is 28.8 Å². The Hall–Kier alpha value is -4.04. The molecule has 0 bridgehead atoms. The molecule has 9 heteroatoms. The van der Waals surface area contributed by atoms with Gasteiger partial charge in [-0.2, -0.15) is 10.2 Å². The van der Waals surface area contributed by atoms with E-state index in [9.17, 15) is 0 Å². The minimum atomic E-state index is 0.558. The highest BCUT2D eigenvalue weighted by molar-refractivity contribution is 6.30. The van der Waals surface area contributed by atoms with Gasteiger partial charge in [0.05, 0.1) is 31.2 Å². The molecular weight excluding hydrogens is 450 g/mol. The molecule has 34 heavy (non-hydrogen) atoms. The average Bonchev–Trinajstić information content (AvgIpc) is 3.53. The van der Waals surface area contributed by atoms with Crippen molar-refractivity contribution in [3.63, 3.8) is 0 Å². The van der Waals surface area contributed by atoms with Crippen molar-refractivity contribution in [3.8, 4) is 17.0 Å². The first kappa shape index (κ1) is 21.8. The van der Waals surface area contributed by atoms with E-state index in [0.29, 0.717) is 18.1 Å². The standard InChI is InChI=1S/C25H24ClN7O/c1-32(16-17-5-3-4-6-23(17)34-2)24-12-22(18-13-28-29-14-18)33-25(30-24)11-21(31-33)15-27-20-9-7-19(26)8-10-20/h3-14,27H,15-16H2,1-2H3,(H,28,29). The first-order valence-corrected chi connectivity index (χ1v) is 11.2. The van der Waals surface area contributed by atoms with Gasteiger partial charge in [-0.25, -0.2) is 9.50 Å². The summed E-state index contributed by atoms with van der Waals surface area (Å²) in [5.74, 6) is 1.68. The number of hydrogen-bond donors (Lipinski definition) is 2. The number of aromatic amines is 1. The Bertz CT molecular complexity index is 1400. The lowest BCUT2D eigenvalue weighted by atomic mass is 10.2. The third-order valence-electron chi connectivity index (χ3n) is 5.57. The van der Waals surface area contributed by atoms with Crippen molar-refractivity contribution in [1.29, 1.82) is 0 Å². The molecule has 0 saturated heterocycles. The molecule has 0 aliphatic rings. The van der Waals surface area contributed by atoms with Gasteiger partial charge in [-0.15, -0.1) is 0 Å². The molecule has 0 amide bonds. The van der Waals surface area contributed by atoms with Crippen LogP contribution in [0.4, 0.5) is 11.5 Å². The molecule has 5 aromatic rings. The summed E-state index contributed by atoms with van der Waals surface area (Å²) in [6.07, 6.45) is 3.64. The summed E-state index contributed by atoms with van der Waals surface area (Å²) in [4.78, 5) is 6.99. The van der Waals surface area contributed by atoms with Crippen LogP contribution in [0.25, 0.3) is 16.9 Å². The van der Waals surface area contributed by atoms with Crippen LogP contribution in [0.5, 0.6) is 5.75 Å². The zero-order valence-corrected chi connectivity index (χ0v) is 19.6. The van der Waals surface area contributed by atoms with E-state index in [0.717, 1.165) is 45.4 Å². The van der Waals surface area contributed by atoms with Crippen molar-refractivity contribution in [2.24, 2.45) is 0 Å². The average molecular weight is 474 g/mol. The topological polar surface area (TPSA) is 83.4 Å². The molecule has 172 valence electrons. The van der Waals surface area contributed by atoms with Gasteiger partial charge < -0.3 is 15.0 Å². The van der Waals surface area contributed by atoms with E-state index in [-0.39, 0.29) is 0 Å². The highest BCUT2D eigenvalue weighted by Gasteiger charge is 2.15. The molecule has 0 fully saturated rings. The quantitative estimate of drug-likeness (QED) is 0.329. The molecule has 5 rings (SSSR count). The van der Waals surface area contributed by atoms with E-state index in [4.69, 9.17) is 26.4 Å². The number of aromatic nitrogens is 5. The van der Waals surface area contributed by atoms with Gasteiger partial charge in [0.25, 0.3) is 0 Å². The lowest BCUT2D eigenvalue weighted by Crippen LogP contribution is -2.19. The van der Waals surface area contributed by atoms with Gasteiger partial charge in [0.1, 0.15) is 11.6 Å². The lowest BCUT2D eigenvalue weighted by molar-refractivity contribution is 0.409. The molecule has 8 nitrogen and oxygen atoms in total. The summed E-state index contributed by atoms with van der Waals surface area (Å²) in [7, 11) is 3.70. The number of para-hydroxylation sites is 1. The lowest BCUT2D eigenvalue weighted by Gasteiger charge is -2.20. The largest absolute Gasteiger partial charge is 0.496 e. The van der Waals surface area contributed by atoms with E-state index in [2.05, 4.69) is 26.5 Å². The van der Waals surface area contributed by atoms with Crippen LogP contribution in [0, 0.1) is 0 Å². The summed E-state index contributed by atoms with van der Waals surface area (Å²) in [6, 6.07) is 19.6. The molecule has 0 saturated carbocycles. The molecule has 2 N–H and O–H groups in total. The fraction of sp³-hybridized carbons (Fsp3) is 0.160. The second-order valence-corrected chi connectivity index (χ2v) is 8.36. The number of fused-ring (bicyclic) bond motifs is 1. The molecule has 3 aromatic heterocycles.